The molecule has 3 unspecified atom stereocenters. The molecule has 10 aromatic rings. The average Bonchev–Trinajstić information content (AvgIpc) is 3.79. The molecule has 2 nitrogen and oxygen atoms in total. The smallest absolute Gasteiger partial charge is 0.171 e. The maximum absolute atomic E-state index is 15.3. The third-order valence-electron chi connectivity index (χ3n) is 17.1. The molecule has 0 saturated carbocycles. The highest BCUT2D eigenvalue weighted by molar-refractivity contribution is 6.28. The summed E-state index contributed by atoms with van der Waals surface area (Å²) in [6.45, 7) is 0. The summed E-state index contributed by atoms with van der Waals surface area (Å²) in [5.41, 5.74) is 29.0. The number of hydrogen-bond acceptors (Lipinski definition) is 1. The monoisotopic (exact) mass is 761 g/mol. The Hall–Kier alpha value is -6.77. The summed E-state index contributed by atoms with van der Waals surface area (Å²) in [7, 11) is 0. The first kappa shape index (κ1) is 30.3. The van der Waals surface area contributed by atoms with Crippen LogP contribution in [0.25, 0.3) is 49.2 Å². The van der Waals surface area contributed by atoms with Crippen molar-refractivity contribution >= 4 is 43.9 Å². The Kier molecular flexibility index (Phi) is 4.87. The van der Waals surface area contributed by atoms with E-state index in [-0.39, 0.29) is 29.1 Å². The maximum atomic E-state index is 15.3. The third-order valence-corrected chi connectivity index (χ3v) is 17.1. The molecular formula is C58H35NO. The summed E-state index contributed by atoms with van der Waals surface area (Å²) < 4.78 is 2.64. The Morgan fingerprint density at radius 3 is 1.55 bits per heavy atom. The second-order valence-corrected chi connectivity index (χ2v) is 19.1. The number of aryl methyl sites for hydroxylation is 4. The molecule has 0 fully saturated rings. The Labute approximate surface area is 346 Å². The van der Waals surface area contributed by atoms with Crippen LogP contribution in [0.1, 0.15) is 117 Å². The minimum atomic E-state index is -0.273. The number of aromatic nitrogens is 1. The van der Waals surface area contributed by atoms with Crippen LogP contribution in [-0.2, 0) is 31.1 Å². The summed E-state index contributed by atoms with van der Waals surface area (Å²) in [5, 5.41) is 5.59. The lowest BCUT2D eigenvalue weighted by Crippen LogP contribution is -2.61. The zero-order valence-electron chi connectivity index (χ0n) is 32.8. The second kappa shape index (κ2) is 9.64. The van der Waals surface area contributed by atoms with Crippen LogP contribution in [0.15, 0.2) is 140 Å². The van der Waals surface area contributed by atoms with Gasteiger partial charge in [-0.25, -0.2) is 0 Å². The molecule has 0 saturated heterocycles. The molecule has 2 aromatic heterocycles. The van der Waals surface area contributed by atoms with Crippen molar-refractivity contribution in [1.29, 1.82) is 0 Å². The van der Waals surface area contributed by atoms with E-state index in [1.807, 2.05) is 0 Å². The normalized spacial score (nSPS) is 23.5. The highest BCUT2D eigenvalue weighted by Gasteiger charge is 2.69. The van der Waals surface area contributed by atoms with Crippen molar-refractivity contribution in [2.75, 3.05) is 0 Å². The third kappa shape index (κ3) is 2.95. The van der Waals surface area contributed by atoms with Gasteiger partial charge >= 0.3 is 0 Å². The van der Waals surface area contributed by atoms with Gasteiger partial charge in [0.15, 0.2) is 5.78 Å². The van der Waals surface area contributed by atoms with Crippen molar-refractivity contribution in [3.63, 3.8) is 0 Å². The Balaban J connectivity index is 1.04. The first-order chi connectivity index (χ1) is 29.7. The van der Waals surface area contributed by atoms with Crippen molar-refractivity contribution in [2.24, 2.45) is 0 Å². The standard InChI is InChI=1S/C58H35NO/c60-57-41-27-47-43(25-40(41)54-34-16-5-7-18-44(34)58(54)45-19-8-6-17-35(45)55(57)58)53-37-23-21-29-11-9-10-28-20-22-36(51(37)48(28)29)52-42-24-38-39(26-46(42)59(47)56(52)53)50-32-14-3-1-12-30(32)49(38)31-13-2-4-15-33(31)50/h1-19,24-27,49-50,54-55H,20-23H2. The lowest BCUT2D eigenvalue weighted by atomic mass is 9.36. The number of fused-ring (bicyclic) bond motifs is 14. The van der Waals surface area contributed by atoms with Crippen molar-refractivity contribution < 1.29 is 4.79 Å². The molecule has 18 rings (SSSR count). The molecule has 60 heavy (non-hydrogen) atoms. The first-order valence-corrected chi connectivity index (χ1v) is 22.1. The zero-order valence-corrected chi connectivity index (χ0v) is 32.8. The van der Waals surface area contributed by atoms with Crippen molar-refractivity contribution in [1.82, 2.24) is 4.40 Å². The Morgan fingerprint density at radius 2 is 0.950 bits per heavy atom. The molecule has 8 aromatic carbocycles. The SMILES string of the molecule is O=C1c2cc3c(cc2C2c4ccccc4C24c2ccccc2C14)c1c2c4c(c5c6cc7c(cc6n3c15)C1c3ccccc3C7c3ccccc31)CCc1cccc(c1-4)CC2. The molecule has 2 heterocycles. The molecule has 2 bridgehead atoms. The van der Waals surface area contributed by atoms with E-state index in [0.717, 1.165) is 31.2 Å². The van der Waals surface area contributed by atoms with Crippen molar-refractivity contribution in [3.8, 4) is 11.1 Å². The largest absolute Gasteiger partial charge is 0.308 e. The summed E-state index contributed by atoms with van der Waals surface area (Å²) in [6.07, 6.45) is 4.24. The van der Waals surface area contributed by atoms with Gasteiger partial charge in [0, 0.05) is 50.3 Å². The summed E-state index contributed by atoms with van der Waals surface area (Å²) in [5.74, 6) is 0.739. The predicted octanol–water partition coefficient (Wildman–Crippen LogP) is 12.4. The van der Waals surface area contributed by atoms with Crippen LogP contribution in [0.5, 0.6) is 0 Å². The van der Waals surface area contributed by atoms with Gasteiger partial charge in [-0.15, -0.1) is 0 Å². The van der Waals surface area contributed by atoms with Crippen LogP contribution in [-0.4, -0.2) is 10.2 Å². The molecule has 3 atom stereocenters. The van der Waals surface area contributed by atoms with Gasteiger partial charge in [0.2, 0.25) is 0 Å². The van der Waals surface area contributed by atoms with Crippen LogP contribution in [0, 0.1) is 0 Å². The number of carbonyl (C=O) groups excluding carboxylic acids is 1. The molecule has 0 radical (unpaired) electrons. The van der Waals surface area contributed by atoms with Gasteiger partial charge in [-0.3, -0.25) is 4.79 Å². The van der Waals surface area contributed by atoms with Gasteiger partial charge in [-0.1, -0.05) is 115 Å². The van der Waals surface area contributed by atoms with E-state index < -0.39 is 0 Å². The van der Waals surface area contributed by atoms with E-state index in [4.69, 9.17) is 0 Å². The van der Waals surface area contributed by atoms with Gasteiger partial charge in [0.25, 0.3) is 0 Å². The van der Waals surface area contributed by atoms with Crippen molar-refractivity contribution in [3.05, 3.63) is 229 Å². The van der Waals surface area contributed by atoms with Crippen LogP contribution >= 0.6 is 0 Å². The van der Waals surface area contributed by atoms with Gasteiger partial charge in [0.05, 0.1) is 22.5 Å². The van der Waals surface area contributed by atoms with Gasteiger partial charge in [-0.2, -0.15) is 0 Å². The number of Topliss-reactive ketones (excluding diaryl/α,β-unsaturated/α-hetero) is 1. The van der Waals surface area contributed by atoms with Gasteiger partial charge in [-0.05, 0) is 145 Å². The molecule has 8 aliphatic carbocycles. The molecule has 1 spiro atoms. The number of rotatable bonds is 0. The Bertz CT molecular complexity index is 3720. The topological polar surface area (TPSA) is 21.5 Å². The van der Waals surface area contributed by atoms with Crippen LogP contribution in [0.4, 0.5) is 0 Å². The van der Waals surface area contributed by atoms with Crippen LogP contribution in [0.3, 0.4) is 0 Å². The molecule has 8 aliphatic rings. The Morgan fingerprint density at radius 1 is 0.450 bits per heavy atom. The molecule has 0 aliphatic heterocycles. The fraction of sp³-hybridized carbons (Fsp3) is 0.155. The zero-order chi connectivity index (χ0) is 38.5. The lowest BCUT2D eigenvalue weighted by Gasteiger charge is -2.64. The quantitative estimate of drug-likeness (QED) is 0.151. The molecule has 2 heteroatoms. The minimum Gasteiger partial charge on any atom is -0.308 e. The van der Waals surface area contributed by atoms with Crippen molar-refractivity contribution in [2.45, 2.75) is 54.8 Å². The minimum absolute atomic E-state index is 0.143. The van der Waals surface area contributed by atoms with E-state index in [9.17, 15) is 0 Å². The fourth-order valence-electron chi connectivity index (χ4n) is 15.2. The number of nitrogens with zero attached hydrogens (tertiary/aromatic N) is 1. The number of hydrogen-bond donors (Lipinski definition) is 0. The fourth-order valence-corrected chi connectivity index (χ4v) is 15.2. The molecular weight excluding hydrogens is 727 g/mol. The van der Waals surface area contributed by atoms with Gasteiger partial charge < -0.3 is 4.40 Å². The lowest BCUT2D eigenvalue weighted by molar-refractivity contribution is 0.0847. The average molecular weight is 762 g/mol. The maximum Gasteiger partial charge on any atom is 0.171 e. The number of ketones is 1. The highest BCUT2D eigenvalue weighted by Crippen LogP contribution is 2.74. The van der Waals surface area contributed by atoms with E-state index in [0.29, 0.717) is 5.78 Å². The van der Waals surface area contributed by atoms with E-state index in [1.165, 1.54) is 127 Å². The molecule has 0 amide bonds. The van der Waals surface area contributed by atoms with Crippen LogP contribution < -0.4 is 0 Å². The summed E-state index contributed by atoms with van der Waals surface area (Å²) in [4.78, 5) is 15.3. The summed E-state index contributed by atoms with van der Waals surface area (Å²) in [6, 6.07) is 53.4. The number of benzene rings is 8. The second-order valence-electron chi connectivity index (χ2n) is 19.1. The van der Waals surface area contributed by atoms with E-state index in [2.05, 4.69) is 144 Å². The van der Waals surface area contributed by atoms with E-state index in [1.54, 1.807) is 5.56 Å². The summed E-state index contributed by atoms with van der Waals surface area (Å²) >= 11 is 0. The number of carbonyl (C=O) groups is 1. The van der Waals surface area contributed by atoms with E-state index >= 15 is 4.79 Å². The predicted molar refractivity (Wildman–Crippen MR) is 239 cm³/mol. The van der Waals surface area contributed by atoms with Gasteiger partial charge in [0.1, 0.15) is 0 Å². The molecule has 0 N–H and O–H groups in total. The molecule has 278 valence electrons. The van der Waals surface area contributed by atoms with Crippen LogP contribution in [0.2, 0.25) is 0 Å². The highest BCUT2D eigenvalue weighted by atomic mass is 16.1. The first-order valence-electron chi connectivity index (χ1n) is 22.1.